The quantitative estimate of drug-likeness (QED) is 0.850. The zero-order valence-electron chi connectivity index (χ0n) is 10.2. The molecule has 2 N–H and O–H groups in total. The van der Waals surface area contributed by atoms with Crippen LogP contribution in [0.1, 0.15) is 23.2 Å². The minimum atomic E-state index is -3.61. The van der Waals surface area contributed by atoms with Crippen molar-refractivity contribution in [3.05, 3.63) is 29.8 Å². The van der Waals surface area contributed by atoms with Crippen LogP contribution in [0.15, 0.2) is 24.3 Å². The Kier molecular flexibility index (Phi) is 4.06. The fraction of sp³-hybridized carbons (Fsp3) is 0.417. The Morgan fingerprint density at radius 2 is 2.16 bits per heavy atom. The van der Waals surface area contributed by atoms with E-state index in [1.54, 1.807) is 12.1 Å². The number of aromatic carboxylic acids is 1. The first-order valence-corrected chi connectivity index (χ1v) is 7.57. The van der Waals surface area contributed by atoms with Gasteiger partial charge in [0.1, 0.15) is 0 Å². The van der Waals surface area contributed by atoms with Gasteiger partial charge in [0.05, 0.1) is 23.1 Å². The minimum Gasteiger partial charge on any atom is -0.478 e. The molecule has 6 nitrogen and oxygen atoms in total. The van der Waals surface area contributed by atoms with E-state index in [0.717, 1.165) is 6.42 Å². The van der Waals surface area contributed by atoms with Gasteiger partial charge in [-0.1, -0.05) is 12.1 Å². The molecule has 0 amide bonds. The number of carbonyl (C=O) groups is 1. The molecule has 0 saturated carbocycles. The molecule has 19 heavy (non-hydrogen) atoms. The third kappa shape index (κ3) is 3.68. The van der Waals surface area contributed by atoms with Crippen LogP contribution in [0.25, 0.3) is 0 Å². The Balaban J connectivity index is 2.13. The molecule has 1 aliphatic rings. The van der Waals surface area contributed by atoms with Crippen molar-refractivity contribution >= 4 is 21.7 Å². The average Bonchev–Trinajstić information content (AvgIpc) is 2.80. The molecule has 0 aliphatic carbocycles. The highest BCUT2D eigenvalue weighted by Crippen LogP contribution is 2.19. The molecule has 1 aromatic carbocycles. The molecular weight excluding hydrogens is 270 g/mol. The second-order valence-corrected chi connectivity index (χ2v) is 6.14. The molecule has 1 fully saturated rings. The van der Waals surface area contributed by atoms with E-state index < -0.39 is 16.0 Å². The van der Waals surface area contributed by atoms with Crippen molar-refractivity contribution in [2.75, 3.05) is 17.1 Å². The van der Waals surface area contributed by atoms with Crippen molar-refractivity contribution in [3.8, 4) is 0 Å². The van der Waals surface area contributed by atoms with Gasteiger partial charge in [0, 0.05) is 6.61 Å². The van der Waals surface area contributed by atoms with Gasteiger partial charge in [-0.2, -0.15) is 0 Å². The Morgan fingerprint density at radius 1 is 1.42 bits per heavy atom. The number of carboxylic acids is 1. The summed E-state index contributed by atoms with van der Waals surface area (Å²) >= 11 is 0. The van der Waals surface area contributed by atoms with Gasteiger partial charge in [0.15, 0.2) is 0 Å². The molecule has 1 atom stereocenters. The summed E-state index contributed by atoms with van der Waals surface area (Å²) in [6.45, 7) is 0.575. The fourth-order valence-corrected chi connectivity index (χ4v) is 3.34. The van der Waals surface area contributed by atoms with Crippen LogP contribution in [0.2, 0.25) is 0 Å². The van der Waals surface area contributed by atoms with Crippen LogP contribution in [0, 0.1) is 0 Å². The van der Waals surface area contributed by atoms with E-state index >= 15 is 0 Å². The summed E-state index contributed by atoms with van der Waals surface area (Å²) < 4.78 is 31.5. The molecule has 1 unspecified atom stereocenters. The third-order valence-corrected chi connectivity index (χ3v) is 4.19. The van der Waals surface area contributed by atoms with Crippen LogP contribution >= 0.6 is 0 Å². The second-order valence-electron chi connectivity index (χ2n) is 4.37. The van der Waals surface area contributed by atoms with E-state index in [1.807, 2.05) is 0 Å². The van der Waals surface area contributed by atoms with Crippen LogP contribution in [-0.2, 0) is 14.8 Å². The van der Waals surface area contributed by atoms with Gasteiger partial charge in [0.25, 0.3) is 0 Å². The Bertz CT molecular complexity index is 563. The number of anilines is 1. The lowest BCUT2D eigenvalue weighted by Crippen LogP contribution is -2.26. The highest BCUT2D eigenvalue weighted by atomic mass is 32.2. The zero-order chi connectivity index (χ0) is 13.9. The van der Waals surface area contributed by atoms with Gasteiger partial charge in [-0.3, -0.25) is 4.72 Å². The number of benzene rings is 1. The molecule has 104 valence electrons. The molecule has 2 rings (SSSR count). The summed E-state index contributed by atoms with van der Waals surface area (Å²) in [7, 11) is -3.61. The highest BCUT2D eigenvalue weighted by Gasteiger charge is 2.24. The summed E-state index contributed by atoms with van der Waals surface area (Å²) in [4.78, 5) is 11.0. The van der Waals surface area contributed by atoms with Crippen molar-refractivity contribution in [2.45, 2.75) is 18.9 Å². The molecule has 1 aliphatic heterocycles. The first-order valence-electron chi connectivity index (χ1n) is 5.92. The Hall–Kier alpha value is -1.60. The van der Waals surface area contributed by atoms with Crippen LogP contribution in [-0.4, -0.2) is 38.0 Å². The van der Waals surface area contributed by atoms with Gasteiger partial charge in [-0.05, 0) is 25.0 Å². The maximum absolute atomic E-state index is 11.9. The summed E-state index contributed by atoms with van der Waals surface area (Å²) in [6.07, 6.45) is 1.25. The number of sulfonamides is 1. The smallest absolute Gasteiger partial charge is 0.337 e. The van der Waals surface area contributed by atoms with Crippen molar-refractivity contribution < 1.29 is 23.1 Å². The summed E-state index contributed by atoms with van der Waals surface area (Å²) in [5.41, 5.74) is 0.00594. The topological polar surface area (TPSA) is 92.7 Å². The minimum absolute atomic E-state index is 0.0709. The van der Waals surface area contributed by atoms with E-state index in [1.165, 1.54) is 12.1 Å². The first-order chi connectivity index (χ1) is 8.98. The van der Waals surface area contributed by atoms with E-state index in [9.17, 15) is 13.2 Å². The summed E-state index contributed by atoms with van der Waals surface area (Å²) in [5, 5.41) is 8.99. The van der Waals surface area contributed by atoms with Crippen molar-refractivity contribution in [2.24, 2.45) is 0 Å². The van der Waals surface area contributed by atoms with E-state index in [-0.39, 0.29) is 23.1 Å². The lowest BCUT2D eigenvalue weighted by atomic mass is 10.2. The lowest BCUT2D eigenvalue weighted by Gasteiger charge is -2.13. The van der Waals surface area contributed by atoms with Crippen molar-refractivity contribution in [3.63, 3.8) is 0 Å². The maximum Gasteiger partial charge on any atom is 0.337 e. The second kappa shape index (κ2) is 5.58. The molecule has 0 aromatic heterocycles. The molecule has 0 bridgehead atoms. The van der Waals surface area contributed by atoms with Gasteiger partial charge in [-0.15, -0.1) is 0 Å². The van der Waals surface area contributed by atoms with E-state index in [0.29, 0.717) is 13.0 Å². The molecule has 0 radical (unpaired) electrons. The summed E-state index contributed by atoms with van der Waals surface area (Å²) in [5.74, 6) is -1.32. The number of hydrogen-bond donors (Lipinski definition) is 2. The molecular formula is C12H15NO5S. The van der Waals surface area contributed by atoms with Crippen molar-refractivity contribution in [1.82, 2.24) is 0 Å². The predicted octanol–water partition coefficient (Wildman–Crippen LogP) is 1.31. The Labute approximate surface area is 111 Å². The van der Waals surface area contributed by atoms with Gasteiger partial charge in [0.2, 0.25) is 10.0 Å². The number of para-hydroxylation sites is 1. The third-order valence-electron chi connectivity index (χ3n) is 2.85. The number of nitrogens with one attached hydrogen (secondary N) is 1. The lowest BCUT2D eigenvalue weighted by molar-refractivity contribution is 0.0698. The standard InChI is InChI=1S/C12H15NO5S/c14-12(15)10-5-1-2-6-11(10)13-19(16,17)8-9-4-3-7-18-9/h1-2,5-6,9,13H,3-4,7-8H2,(H,14,15). The maximum atomic E-state index is 11.9. The van der Waals surface area contributed by atoms with Crippen LogP contribution < -0.4 is 4.72 Å². The molecule has 1 saturated heterocycles. The van der Waals surface area contributed by atoms with Gasteiger partial charge >= 0.3 is 5.97 Å². The van der Waals surface area contributed by atoms with Gasteiger partial charge < -0.3 is 9.84 Å². The van der Waals surface area contributed by atoms with Crippen LogP contribution in [0.3, 0.4) is 0 Å². The normalized spacial score (nSPS) is 19.3. The molecule has 1 heterocycles. The SMILES string of the molecule is O=C(O)c1ccccc1NS(=O)(=O)CC1CCCO1. The van der Waals surface area contributed by atoms with E-state index in [2.05, 4.69) is 4.72 Å². The average molecular weight is 285 g/mol. The zero-order valence-corrected chi connectivity index (χ0v) is 11.0. The summed E-state index contributed by atoms with van der Waals surface area (Å²) in [6, 6.07) is 5.90. The van der Waals surface area contributed by atoms with Crippen LogP contribution in [0.5, 0.6) is 0 Å². The fourth-order valence-electron chi connectivity index (χ4n) is 1.99. The largest absolute Gasteiger partial charge is 0.478 e. The molecule has 0 spiro atoms. The highest BCUT2D eigenvalue weighted by molar-refractivity contribution is 7.92. The van der Waals surface area contributed by atoms with E-state index in [4.69, 9.17) is 9.84 Å². The van der Waals surface area contributed by atoms with Crippen molar-refractivity contribution in [1.29, 1.82) is 0 Å². The number of hydrogen-bond acceptors (Lipinski definition) is 4. The number of carboxylic acid groups (broad SMARTS) is 1. The first kappa shape index (κ1) is 13.8. The number of rotatable bonds is 5. The van der Waals surface area contributed by atoms with Crippen LogP contribution in [0.4, 0.5) is 5.69 Å². The predicted molar refractivity (Wildman–Crippen MR) is 69.8 cm³/mol. The monoisotopic (exact) mass is 285 g/mol. The molecule has 7 heteroatoms. The Morgan fingerprint density at radius 3 is 2.79 bits per heavy atom. The molecule has 1 aromatic rings. The van der Waals surface area contributed by atoms with Gasteiger partial charge in [-0.25, -0.2) is 13.2 Å². The number of ether oxygens (including phenoxy) is 1.